The van der Waals surface area contributed by atoms with Gasteiger partial charge in [-0.05, 0) is 0 Å². The average Bonchev–Trinajstić information content (AvgIpc) is 2.45. The number of carbonyl (C=O) groups is 1. The van der Waals surface area contributed by atoms with Gasteiger partial charge in [-0.2, -0.15) is 0 Å². The molecule has 0 bridgehead atoms. The highest BCUT2D eigenvalue weighted by Gasteiger charge is 2.25. The van der Waals surface area contributed by atoms with E-state index in [2.05, 4.69) is 0 Å². The predicted molar refractivity (Wildman–Crippen MR) is 51.9 cm³/mol. The minimum atomic E-state index is 0.00137. The summed E-state index contributed by atoms with van der Waals surface area (Å²) in [6.07, 6.45) is 0.470. The van der Waals surface area contributed by atoms with Crippen molar-refractivity contribution in [3.63, 3.8) is 0 Å². The molecule has 1 unspecified atom stereocenters. The Hall–Kier alpha value is -0.650. The van der Waals surface area contributed by atoms with Crippen LogP contribution in [0.4, 0.5) is 0 Å². The lowest BCUT2D eigenvalue weighted by Gasteiger charge is -2.15. The molecule has 82 valence electrons. The standard InChI is InChI=1S/C9H18N2O3/c1-13-4-5-14-3-2-11-7-8(10)6-9(11)12/h8H,2-7,10H2,1H3. The Bertz CT molecular complexity index is 187. The number of amides is 1. The average molecular weight is 202 g/mol. The summed E-state index contributed by atoms with van der Waals surface area (Å²) in [4.78, 5) is 13.0. The second-order valence-corrected chi connectivity index (χ2v) is 3.41. The van der Waals surface area contributed by atoms with E-state index in [1.165, 1.54) is 0 Å². The van der Waals surface area contributed by atoms with Gasteiger partial charge in [0.25, 0.3) is 0 Å². The first-order valence-electron chi connectivity index (χ1n) is 4.84. The van der Waals surface area contributed by atoms with Crippen LogP contribution in [-0.4, -0.2) is 56.9 Å². The summed E-state index contributed by atoms with van der Waals surface area (Å²) in [7, 11) is 1.63. The SMILES string of the molecule is COCCOCCN1CC(N)CC1=O. The number of carbonyl (C=O) groups excluding carboxylic acids is 1. The number of ether oxygens (including phenoxy) is 2. The first-order chi connectivity index (χ1) is 6.74. The molecule has 0 spiro atoms. The van der Waals surface area contributed by atoms with Gasteiger partial charge in [0.1, 0.15) is 0 Å². The van der Waals surface area contributed by atoms with Crippen LogP contribution in [0.15, 0.2) is 0 Å². The van der Waals surface area contributed by atoms with Crippen LogP contribution < -0.4 is 5.73 Å². The quantitative estimate of drug-likeness (QED) is 0.573. The topological polar surface area (TPSA) is 64.8 Å². The molecule has 1 atom stereocenters. The van der Waals surface area contributed by atoms with Crippen molar-refractivity contribution < 1.29 is 14.3 Å². The molecule has 0 aromatic rings. The van der Waals surface area contributed by atoms with Gasteiger partial charge in [0.2, 0.25) is 5.91 Å². The summed E-state index contributed by atoms with van der Waals surface area (Å²) in [6, 6.07) is 0.00137. The van der Waals surface area contributed by atoms with E-state index in [9.17, 15) is 4.79 Å². The summed E-state index contributed by atoms with van der Waals surface area (Å²) in [6.45, 7) is 3.02. The second kappa shape index (κ2) is 5.95. The lowest BCUT2D eigenvalue weighted by molar-refractivity contribution is -0.128. The van der Waals surface area contributed by atoms with Crippen molar-refractivity contribution in [3.05, 3.63) is 0 Å². The van der Waals surface area contributed by atoms with Crippen LogP contribution in [0.1, 0.15) is 6.42 Å². The van der Waals surface area contributed by atoms with Gasteiger partial charge in [-0.1, -0.05) is 0 Å². The highest BCUT2D eigenvalue weighted by molar-refractivity contribution is 5.79. The first kappa shape index (κ1) is 11.4. The molecule has 5 heteroatoms. The molecule has 0 aromatic heterocycles. The fraction of sp³-hybridized carbons (Fsp3) is 0.889. The molecule has 1 rings (SSSR count). The van der Waals surface area contributed by atoms with Crippen LogP contribution in [0.2, 0.25) is 0 Å². The first-order valence-corrected chi connectivity index (χ1v) is 4.84. The van der Waals surface area contributed by atoms with Crippen molar-refractivity contribution in [2.45, 2.75) is 12.5 Å². The van der Waals surface area contributed by atoms with Gasteiger partial charge < -0.3 is 20.1 Å². The molecule has 5 nitrogen and oxygen atoms in total. The fourth-order valence-corrected chi connectivity index (χ4v) is 1.44. The number of hydrogen-bond acceptors (Lipinski definition) is 4. The molecule has 1 aliphatic rings. The molecule has 1 aliphatic heterocycles. The van der Waals surface area contributed by atoms with Crippen molar-refractivity contribution >= 4 is 5.91 Å². The largest absolute Gasteiger partial charge is 0.382 e. The Kier molecular flexibility index (Phi) is 4.86. The van der Waals surface area contributed by atoms with Gasteiger partial charge >= 0.3 is 0 Å². The van der Waals surface area contributed by atoms with Crippen LogP contribution >= 0.6 is 0 Å². The molecule has 1 heterocycles. The maximum Gasteiger partial charge on any atom is 0.224 e. The monoisotopic (exact) mass is 202 g/mol. The zero-order valence-electron chi connectivity index (χ0n) is 8.57. The third kappa shape index (κ3) is 3.61. The molecular weight excluding hydrogens is 184 g/mol. The smallest absolute Gasteiger partial charge is 0.224 e. The number of nitrogens with two attached hydrogens (primary N) is 1. The van der Waals surface area contributed by atoms with Gasteiger partial charge in [0.05, 0.1) is 19.8 Å². The van der Waals surface area contributed by atoms with Gasteiger partial charge in [-0.25, -0.2) is 0 Å². The Morgan fingerprint density at radius 3 is 2.86 bits per heavy atom. The summed E-state index contributed by atoms with van der Waals surface area (Å²) in [5.41, 5.74) is 5.64. The highest BCUT2D eigenvalue weighted by atomic mass is 16.5. The van der Waals surface area contributed by atoms with Crippen LogP contribution in [0, 0.1) is 0 Å². The molecular formula is C9H18N2O3. The summed E-state index contributed by atoms with van der Waals surface area (Å²) < 4.78 is 10.1. The number of nitrogens with zero attached hydrogens (tertiary/aromatic N) is 1. The van der Waals surface area contributed by atoms with Crippen molar-refractivity contribution in [3.8, 4) is 0 Å². The zero-order valence-corrected chi connectivity index (χ0v) is 8.57. The van der Waals surface area contributed by atoms with E-state index in [0.717, 1.165) is 0 Å². The zero-order chi connectivity index (χ0) is 10.4. The molecule has 1 saturated heterocycles. The number of methoxy groups -OCH3 is 1. The molecule has 0 saturated carbocycles. The summed E-state index contributed by atoms with van der Waals surface area (Å²) >= 11 is 0. The molecule has 0 aliphatic carbocycles. The third-order valence-corrected chi connectivity index (χ3v) is 2.18. The van der Waals surface area contributed by atoms with Gasteiger partial charge in [0, 0.05) is 32.7 Å². The van der Waals surface area contributed by atoms with Crippen LogP contribution in [0.3, 0.4) is 0 Å². The van der Waals surface area contributed by atoms with Crippen molar-refractivity contribution in [1.29, 1.82) is 0 Å². The second-order valence-electron chi connectivity index (χ2n) is 3.41. The van der Waals surface area contributed by atoms with Crippen molar-refractivity contribution in [2.75, 3.05) is 40.0 Å². The molecule has 1 fully saturated rings. The Morgan fingerprint density at radius 2 is 2.29 bits per heavy atom. The van der Waals surface area contributed by atoms with E-state index in [1.807, 2.05) is 0 Å². The minimum absolute atomic E-state index is 0.00137. The van der Waals surface area contributed by atoms with E-state index < -0.39 is 0 Å². The number of hydrogen-bond donors (Lipinski definition) is 1. The third-order valence-electron chi connectivity index (χ3n) is 2.18. The van der Waals surface area contributed by atoms with Crippen LogP contribution in [-0.2, 0) is 14.3 Å². The van der Waals surface area contributed by atoms with Crippen LogP contribution in [0.5, 0.6) is 0 Å². The van der Waals surface area contributed by atoms with Gasteiger partial charge in [-0.15, -0.1) is 0 Å². The van der Waals surface area contributed by atoms with Gasteiger partial charge in [-0.3, -0.25) is 4.79 Å². The van der Waals surface area contributed by atoms with E-state index in [-0.39, 0.29) is 11.9 Å². The number of rotatable bonds is 6. The predicted octanol–water partition coefficient (Wildman–Crippen LogP) is -0.791. The summed E-state index contributed by atoms with van der Waals surface area (Å²) in [5.74, 6) is 0.132. The van der Waals surface area contributed by atoms with Crippen molar-refractivity contribution in [2.24, 2.45) is 5.73 Å². The Morgan fingerprint density at radius 1 is 1.50 bits per heavy atom. The van der Waals surface area contributed by atoms with Crippen molar-refractivity contribution in [1.82, 2.24) is 4.90 Å². The lowest BCUT2D eigenvalue weighted by atomic mass is 10.3. The molecule has 14 heavy (non-hydrogen) atoms. The molecule has 2 N–H and O–H groups in total. The normalized spacial score (nSPS) is 22.0. The maximum absolute atomic E-state index is 11.3. The minimum Gasteiger partial charge on any atom is -0.382 e. The molecule has 0 radical (unpaired) electrons. The van der Waals surface area contributed by atoms with E-state index in [1.54, 1.807) is 12.0 Å². The van der Waals surface area contributed by atoms with E-state index in [0.29, 0.717) is 39.3 Å². The fourth-order valence-electron chi connectivity index (χ4n) is 1.44. The number of likely N-dealkylation sites (tertiary alicyclic amines) is 1. The lowest BCUT2D eigenvalue weighted by Crippen LogP contribution is -2.31. The molecule has 0 aromatic carbocycles. The highest BCUT2D eigenvalue weighted by Crippen LogP contribution is 2.07. The van der Waals surface area contributed by atoms with Crippen LogP contribution in [0.25, 0.3) is 0 Å². The Balaban J connectivity index is 2.04. The van der Waals surface area contributed by atoms with E-state index >= 15 is 0 Å². The van der Waals surface area contributed by atoms with Gasteiger partial charge in [0.15, 0.2) is 0 Å². The van der Waals surface area contributed by atoms with E-state index in [4.69, 9.17) is 15.2 Å². The molecule has 1 amide bonds. The Labute approximate surface area is 84.1 Å². The summed E-state index contributed by atoms with van der Waals surface area (Å²) in [5, 5.41) is 0. The maximum atomic E-state index is 11.3.